The largest absolute Gasteiger partial charge is 0.463 e. The van der Waals surface area contributed by atoms with Crippen molar-refractivity contribution in [2.45, 2.75) is 76.5 Å². The van der Waals surface area contributed by atoms with Crippen LogP contribution in [0.2, 0.25) is 5.02 Å². The van der Waals surface area contributed by atoms with Gasteiger partial charge in [-0.1, -0.05) is 25.4 Å². The molecular formula is C28H35ClF2N4O6. The number of nitrogens with one attached hydrogen (secondary N) is 1. The van der Waals surface area contributed by atoms with E-state index in [9.17, 15) is 23.2 Å². The first-order chi connectivity index (χ1) is 19.5. The number of hydrogen-bond acceptors (Lipinski definition) is 7. The second kappa shape index (κ2) is 12.7. The number of alkyl halides is 2. The first-order valence-corrected chi connectivity index (χ1v) is 14.1. The second-order valence-electron chi connectivity index (χ2n) is 10.5. The molecule has 1 atom stereocenters. The summed E-state index contributed by atoms with van der Waals surface area (Å²) in [4.78, 5) is 42.3. The minimum atomic E-state index is -3.13. The van der Waals surface area contributed by atoms with E-state index in [2.05, 4.69) is 15.2 Å². The van der Waals surface area contributed by atoms with Crippen LogP contribution in [0.25, 0.3) is 0 Å². The highest BCUT2D eigenvalue weighted by molar-refractivity contribution is 6.30. The number of rotatable bonds is 9. The smallest absolute Gasteiger partial charge is 0.387 e. The fourth-order valence-corrected chi connectivity index (χ4v) is 5.63. The van der Waals surface area contributed by atoms with E-state index in [1.807, 2.05) is 19.9 Å². The van der Waals surface area contributed by atoms with Crippen LogP contribution in [0.5, 0.6) is 5.75 Å². The van der Waals surface area contributed by atoms with Crippen LogP contribution in [0.3, 0.4) is 0 Å². The molecule has 2 fully saturated rings. The van der Waals surface area contributed by atoms with Crippen LogP contribution in [0.1, 0.15) is 64.5 Å². The minimum absolute atomic E-state index is 0.0119. The maximum atomic E-state index is 14.1. The van der Waals surface area contributed by atoms with E-state index >= 15 is 0 Å². The van der Waals surface area contributed by atoms with Crippen molar-refractivity contribution in [2.75, 3.05) is 31.6 Å². The Labute approximate surface area is 242 Å². The molecular weight excluding hydrogens is 562 g/mol. The molecule has 2 saturated heterocycles. The third-order valence-corrected chi connectivity index (χ3v) is 7.83. The van der Waals surface area contributed by atoms with Gasteiger partial charge in [0.1, 0.15) is 5.54 Å². The summed E-state index contributed by atoms with van der Waals surface area (Å²) in [6.45, 7) is 3.09. The number of nitrogens with zero attached hydrogens (tertiary/aromatic N) is 3. The third-order valence-electron chi connectivity index (χ3n) is 7.60. The summed E-state index contributed by atoms with van der Waals surface area (Å²) in [7, 11) is 0. The number of halogens is 3. The van der Waals surface area contributed by atoms with Gasteiger partial charge in [0, 0.05) is 42.7 Å². The zero-order valence-electron chi connectivity index (χ0n) is 23.3. The van der Waals surface area contributed by atoms with Gasteiger partial charge in [-0.2, -0.15) is 13.9 Å². The van der Waals surface area contributed by atoms with Gasteiger partial charge in [0.05, 0.1) is 12.3 Å². The number of esters is 1. The van der Waals surface area contributed by atoms with Crippen molar-refractivity contribution in [1.82, 2.24) is 14.7 Å². The van der Waals surface area contributed by atoms with Crippen LogP contribution in [0.15, 0.2) is 30.5 Å². The van der Waals surface area contributed by atoms with Crippen molar-refractivity contribution in [3.05, 3.63) is 41.2 Å². The van der Waals surface area contributed by atoms with Gasteiger partial charge >= 0.3 is 12.6 Å². The molecule has 13 heteroatoms. The summed E-state index contributed by atoms with van der Waals surface area (Å²) in [5, 5.41) is 7.39. The normalized spacial score (nSPS) is 20.6. The number of aromatic nitrogens is 2. The molecule has 0 spiro atoms. The van der Waals surface area contributed by atoms with Gasteiger partial charge in [-0.15, -0.1) is 0 Å². The Hall–Kier alpha value is -3.25. The fourth-order valence-electron chi connectivity index (χ4n) is 5.47. The number of amides is 2. The third kappa shape index (κ3) is 6.18. The highest BCUT2D eigenvalue weighted by Crippen LogP contribution is 2.38. The lowest BCUT2D eigenvalue weighted by Crippen LogP contribution is -2.62. The van der Waals surface area contributed by atoms with Crippen LogP contribution in [-0.4, -0.2) is 71.0 Å². The molecule has 1 N–H and O–H groups in total. The van der Waals surface area contributed by atoms with Crippen LogP contribution < -0.4 is 10.1 Å². The van der Waals surface area contributed by atoms with E-state index in [0.717, 1.165) is 12.1 Å². The molecule has 0 aliphatic carbocycles. The van der Waals surface area contributed by atoms with Gasteiger partial charge in [-0.3, -0.25) is 14.3 Å². The Kier molecular flexibility index (Phi) is 9.53. The number of carbonyl (C=O) groups is 3. The summed E-state index contributed by atoms with van der Waals surface area (Å²) < 4.78 is 43.5. The summed E-state index contributed by atoms with van der Waals surface area (Å²) in [6, 6.07) is 5.86. The van der Waals surface area contributed by atoms with Gasteiger partial charge in [0.15, 0.2) is 5.75 Å². The molecule has 1 aromatic heterocycles. The average molecular weight is 597 g/mol. The monoisotopic (exact) mass is 596 g/mol. The first-order valence-electron chi connectivity index (χ1n) is 13.7. The average Bonchev–Trinajstić information content (AvgIpc) is 3.45. The SMILES string of the molecule is CCOC(=O)C1(C(=O)N2CCC(C(=O)Nc3ccc(Cl)cc3OC(F)F)(n3nccc3C(C)C)CC2)CCCCO1. The Morgan fingerprint density at radius 3 is 2.49 bits per heavy atom. The highest BCUT2D eigenvalue weighted by atomic mass is 35.5. The van der Waals surface area contributed by atoms with Crippen molar-refractivity contribution >= 4 is 35.1 Å². The Morgan fingerprint density at radius 2 is 1.88 bits per heavy atom. The highest BCUT2D eigenvalue weighted by Gasteiger charge is 2.54. The zero-order chi connectivity index (χ0) is 29.8. The van der Waals surface area contributed by atoms with Gasteiger partial charge in [0.2, 0.25) is 5.60 Å². The molecule has 2 amide bonds. The lowest BCUT2D eigenvalue weighted by Gasteiger charge is -2.44. The lowest BCUT2D eigenvalue weighted by atomic mass is 9.84. The molecule has 2 aromatic rings. The zero-order valence-corrected chi connectivity index (χ0v) is 24.1. The molecule has 1 aromatic carbocycles. The van der Waals surface area contributed by atoms with Crippen LogP contribution in [0.4, 0.5) is 14.5 Å². The molecule has 3 heterocycles. The summed E-state index contributed by atoms with van der Waals surface area (Å²) >= 11 is 5.98. The molecule has 0 bridgehead atoms. The van der Waals surface area contributed by atoms with Crippen molar-refractivity contribution in [3.63, 3.8) is 0 Å². The Bertz CT molecular complexity index is 1260. The predicted octanol–water partition coefficient (Wildman–Crippen LogP) is 4.72. The first kappa shape index (κ1) is 30.7. The van der Waals surface area contributed by atoms with E-state index < -0.39 is 35.5 Å². The number of hydrogen-bond donors (Lipinski definition) is 1. The molecule has 2 aliphatic rings. The van der Waals surface area contributed by atoms with Gasteiger partial charge in [-0.05, 0) is 63.1 Å². The fraction of sp³-hybridized carbons (Fsp3) is 0.571. The topological polar surface area (TPSA) is 112 Å². The van der Waals surface area contributed by atoms with Gasteiger partial charge in [-0.25, -0.2) is 4.79 Å². The molecule has 2 aliphatic heterocycles. The lowest BCUT2D eigenvalue weighted by molar-refractivity contribution is -0.190. The number of anilines is 1. The summed E-state index contributed by atoms with van der Waals surface area (Å²) in [6.07, 6.45) is 3.47. The maximum absolute atomic E-state index is 14.1. The molecule has 0 saturated carbocycles. The predicted molar refractivity (Wildman–Crippen MR) is 146 cm³/mol. The molecule has 41 heavy (non-hydrogen) atoms. The number of likely N-dealkylation sites (tertiary alicyclic amines) is 1. The van der Waals surface area contributed by atoms with E-state index in [4.69, 9.17) is 21.1 Å². The standard InChI is InChI=1S/C28H35ClF2N4O6/c1-4-39-25(38)28(10-5-6-16-40-28)24(37)34-14-11-27(12-15-34,35-21(18(2)3)9-13-32-35)23(36)33-20-8-7-19(29)17-22(20)41-26(30)31/h7-9,13,17-18,26H,4-6,10-12,14-16H2,1-3H3,(H,33,36). The molecule has 10 nitrogen and oxygen atoms in total. The number of ether oxygens (including phenoxy) is 3. The van der Waals surface area contributed by atoms with Crippen molar-refractivity contribution < 1.29 is 37.4 Å². The number of carbonyl (C=O) groups excluding carboxylic acids is 3. The van der Waals surface area contributed by atoms with Crippen molar-refractivity contribution in [3.8, 4) is 5.75 Å². The maximum Gasteiger partial charge on any atom is 0.387 e. The molecule has 224 valence electrons. The molecule has 4 rings (SSSR count). The Morgan fingerprint density at radius 1 is 1.15 bits per heavy atom. The van der Waals surface area contributed by atoms with E-state index in [0.29, 0.717) is 6.42 Å². The summed E-state index contributed by atoms with van der Waals surface area (Å²) in [5.74, 6) is -1.97. The van der Waals surface area contributed by atoms with Crippen LogP contribution in [0, 0.1) is 0 Å². The van der Waals surface area contributed by atoms with Crippen LogP contribution in [-0.2, 0) is 29.4 Å². The summed E-state index contributed by atoms with van der Waals surface area (Å²) in [5.41, 5.74) is -2.17. The van der Waals surface area contributed by atoms with Gasteiger partial charge < -0.3 is 24.4 Å². The second-order valence-corrected chi connectivity index (χ2v) is 10.9. The van der Waals surface area contributed by atoms with Crippen molar-refractivity contribution in [2.24, 2.45) is 0 Å². The van der Waals surface area contributed by atoms with E-state index in [1.165, 1.54) is 23.1 Å². The van der Waals surface area contributed by atoms with Crippen molar-refractivity contribution in [1.29, 1.82) is 0 Å². The van der Waals surface area contributed by atoms with E-state index in [1.54, 1.807) is 17.8 Å². The van der Waals surface area contributed by atoms with E-state index in [-0.39, 0.29) is 67.9 Å². The number of piperidine rings is 1. The number of benzene rings is 1. The quantitative estimate of drug-likeness (QED) is 0.329. The molecule has 0 radical (unpaired) electrons. The molecule has 1 unspecified atom stereocenters. The van der Waals surface area contributed by atoms with Crippen LogP contribution >= 0.6 is 11.6 Å². The minimum Gasteiger partial charge on any atom is -0.463 e. The Balaban J connectivity index is 1.65. The van der Waals surface area contributed by atoms with Gasteiger partial charge in [0.25, 0.3) is 11.8 Å².